The molecule has 10 atom stereocenters. The fourth-order valence-electron chi connectivity index (χ4n) is 6.94. The van der Waals surface area contributed by atoms with Gasteiger partial charge < -0.3 is 58.7 Å². The average molecular weight is 866 g/mol. The number of hydrogen-bond donors (Lipinski definition) is 10. The summed E-state index contributed by atoms with van der Waals surface area (Å²) < 4.78 is 0. The molecular formula is C41H75N11O9. The van der Waals surface area contributed by atoms with E-state index in [9.17, 15) is 43.5 Å². The summed E-state index contributed by atoms with van der Waals surface area (Å²) in [4.78, 5) is 113. The largest absolute Gasteiger partial charge is 0.391 e. The van der Waals surface area contributed by atoms with E-state index in [0.29, 0.717) is 51.6 Å². The number of amides is 8. The van der Waals surface area contributed by atoms with E-state index < -0.39 is 102 Å². The van der Waals surface area contributed by atoms with Crippen LogP contribution in [0.1, 0.15) is 121 Å². The van der Waals surface area contributed by atoms with Crippen molar-refractivity contribution in [2.45, 2.75) is 169 Å². The van der Waals surface area contributed by atoms with Gasteiger partial charge in [-0.25, -0.2) is 0 Å². The Hall–Kier alpha value is -5.01. The van der Waals surface area contributed by atoms with Gasteiger partial charge in [0.2, 0.25) is 47.3 Å². The summed E-state index contributed by atoms with van der Waals surface area (Å²) in [5.74, 6) is -6.04. The quantitative estimate of drug-likeness (QED) is 0.0287. The molecule has 0 radical (unpaired) electrons. The molecule has 1 rings (SSSR count). The summed E-state index contributed by atoms with van der Waals surface area (Å²) in [6.45, 7) is 17.6. The lowest BCUT2D eigenvalue weighted by Crippen LogP contribution is -2.63. The molecule has 12 N–H and O–H groups in total. The fourth-order valence-corrected chi connectivity index (χ4v) is 6.94. The van der Waals surface area contributed by atoms with Gasteiger partial charge in [0, 0.05) is 26.6 Å². The number of guanidine groups is 1. The van der Waals surface area contributed by atoms with Crippen LogP contribution >= 0.6 is 0 Å². The van der Waals surface area contributed by atoms with Crippen LogP contribution in [0.25, 0.3) is 0 Å². The van der Waals surface area contributed by atoms with Gasteiger partial charge in [-0.2, -0.15) is 0 Å². The molecule has 0 aliphatic carbocycles. The second-order valence-electron chi connectivity index (χ2n) is 16.3. The number of likely N-dealkylation sites (N-methyl/N-ethyl adjacent to an activating group) is 1. The van der Waals surface area contributed by atoms with Crippen LogP contribution in [-0.2, 0) is 38.4 Å². The van der Waals surface area contributed by atoms with Crippen LogP contribution in [0.3, 0.4) is 0 Å². The number of hydrogen-bond acceptors (Lipinski definition) is 10. The summed E-state index contributed by atoms with van der Waals surface area (Å²) in [5.41, 5.74) is 11.0. The number of likely N-dealkylation sites (tertiary alicyclic amines) is 1. The molecule has 1 aliphatic heterocycles. The smallest absolute Gasteiger partial charge is 0.245 e. The SMILES string of the molecule is CCC[C@H](NC(=O)[C@@H](NC(=O)[C@H](NC(=O)[C@@H](NC(C)=O)C(C)C)[C@@H](C)CC)[C@@H](C)O)C(=O)N[C@H](C(=O)N[C@@H](CCCN=C(N)N)C(=O)N1CCC[C@H]1C(=O)NCC)[C@@H](C)CC. The number of aliphatic imine (C=N–C) groups is 1. The minimum Gasteiger partial charge on any atom is -0.391 e. The molecule has 0 aromatic carbocycles. The van der Waals surface area contributed by atoms with Gasteiger partial charge in [0.15, 0.2) is 5.96 Å². The number of aliphatic hydroxyl groups is 1. The molecule has 0 unspecified atom stereocenters. The molecule has 0 bridgehead atoms. The van der Waals surface area contributed by atoms with Gasteiger partial charge in [0.1, 0.15) is 42.3 Å². The molecule has 20 heteroatoms. The fraction of sp³-hybridized carbons (Fsp3) is 0.780. The summed E-state index contributed by atoms with van der Waals surface area (Å²) >= 11 is 0. The Morgan fingerprint density at radius 3 is 1.69 bits per heavy atom. The van der Waals surface area contributed by atoms with Crippen LogP contribution in [-0.4, -0.2) is 131 Å². The second-order valence-corrected chi connectivity index (χ2v) is 16.3. The Kier molecular flexibility index (Phi) is 23.9. The molecule has 0 saturated carbocycles. The lowest BCUT2D eigenvalue weighted by Gasteiger charge is -2.32. The zero-order valence-electron chi connectivity index (χ0n) is 37.9. The Morgan fingerprint density at radius 1 is 0.689 bits per heavy atom. The molecule has 1 fully saturated rings. The van der Waals surface area contributed by atoms with Crippen molar-refractivity contribution in [3.63, 3.8) is 0 Å². The highest BCUT2D eigenvalue weighted by atomic mass is 16.3. The standard InChI is InChI=1S/C41H75N11O9/c1-11-17-27(47-39(60)33(25(9)53)51-38(59)32(24(8)13-3)50-36(57)30(22(5)6)46-26(10)54)34(55)49-31(23(7)12-2)37(58)48-28(18-15-20-45-41(42)43)40(61)52-21-16-19-29(52)35(56)44-14-4/h22-25,27-33,53H,11-21H2,1-10H3,(H,44,56)(H,46,54)(H,47,60)(H,48,58)(H,49,55)(H,50,57)(H,51,59)(H4,42,43,45)/t23-,24-,25+,27-,28-,29-,30-,31-,32+,33-/m0/s1. The van der Waals surface area contributed by atoms with Gasteiger partial charge in [-0.05, 0) is 63.7 Å². The number of carbonyl (C=O) groups excluding carboxylic acids is 8. The van der Waals surface area contributed by atoms with Crippen molar-refractivity contribution in [2.24, 2.45) is 34.2 Å². The van der Waals surface area contributed by atoms with Crippen molar-refractivity contribution in [1.82, 2.24) is 42.1 Å². The van der Waals surface area contributed by atoms with Crippen molar-refractivity contribution < 1.29 is 43.5 Å². The molecule has 0 aromatic heterocycles. The minimum absolute atomic E-state index is 0.125. The van der Waals surface area contributed by atoms with Crippen molar-refractivity contribution in [3.05, 3.63) is 0 Å². The van der Waals surface area contributed by atoms with Gasteiger partial charge >= 0.3 is 0 Å². The maximum Gasteiger partial charge on any atom is 0.245 e. The summed E-state index contributed by atoms with van der Waals surface area (Å²) in [5, 5.41) is 29.5. The van der Waals surface area contributed by atoms with Gasteiger partial charge in [-0.3, -0.25) is 43.3 Å². The number of nitrogens with two attached hydrogens (primary N) is 2. The highest BCUT2D eigenvalue weighted by molar-refractivity contribution is 5.98. The third-order valence-electron chi connectivity index (χ3n) is 10.9. The molecule has 348 valence electrons. The number of aliphatic hydroxyl groups excluding tert-OH is 1. The van der Waals surface area contributed by atoms with Crippen LogP contribution < -0.4 is 48.7 Å². The van der Waals surface area contributed by atoms with Crippen LogP contribution in [0.4, 0.5) is 0 Å². The zero-order chi connectivity index (χ0) is 46.6. The van der Waals surface area contributed by atoms with Crippen molar-refractivity contribution in [2.75, 3.05) is 19.6 Å². The minimum atomic E-state index is -1.55. The van der Waals surface area contributed by atoms with Gasteiger partial charge in [-0.1, -0.05) is 67.7 Å². The van der Waals surface area contributed by atoms with E-state index in [-0.39, 0.29) is 37.2 Å². The van der Waals surface area contributed by atoms with E-state index in [2.05, 4.69) is 42.2 Å². The van der Waals surface area contributed by atoms with Crippen LogP contribution in [0.2, 0.25) is 0 Å². The lowest BCUT2D eigenvalue weighted by molar-refractivity contribution is -0.142. The van der Waals surface area contributed by atoms with E-state index in [0.717, 1.165) is 0 Å². The predicted octanol–water partition coefficient (Wildman–Crippen LogP) is -0.975. The Bertz CT molecular complexity index is 1520. The second kappa shape index (κ2) is 27.0. The summed E-state index contributed by atoms with van der Waals surface area (Å²) in [6.07, 6.45) is 1.55. The monoisotopic (exact) mass is 866 g/mol. The molecule has 0 spiro atoms. The maximum absolute atomic E-state index is 14.1. The third-order valence-corrected chi connectivity index (χ3v) is 10.9. The van der Waals surface area contributed by atoms with Gasteiger partial charge in [-0.15, -0.1) is 0 Å². The zero-order valence-corrected chi connectivity index (χ0v) is 37.9. The first-order valence-corrected chi connectivity index (χ1v) is 21.8. The average Bonchev–Trinajstić information content (AvgIpc) is 3.70. The maximum atomic E-state index is 14.1. The van der Waals surface area contributed by atoms with E-state index in [1.807, 2.05) is 13.8 Å². The lowest BCUT2D eigenvalue weighted by atomic mass is 9.95. The summed E-state index contributed by atoms with van der Waals surface area (Å²) in [6, 6.07) is -7.75. The van der Waals surface area contributed by atoms with E-state index in [4.69, 9.17) is 11.5 Å². The van der Waals surface area contributed by atoms with E-state index >= 15 is 0 Å². The molecule has 1 saturated heterocycles. The molecular weight excluding hydrogens is 791 g/mol. The topological polar surface area (TPSA) is 309 Å². The predicted molar refractivity (Wildman–Crippen MR) is 231 cm³/mol. The number of carbonyl (C=O) groups is 8. The number of rotatable bonds is 26. The Labute approximate surface area is 361 Å². The van der Waals surface area contributed by atoms with Gasteiger partial charge in [0.05, 0.1) is 6.10 Å². The molecule has 1 aliphatic rings. The normalized spacial score (nSPS) is 18.1. The Morgan fingerprint density at radius 2 is 1.20 bits per heavy atom. The van der Waals surface area contributed by atoms with Crippen LogP contribution in [0.15, 0.2) is 4.99 Å². The Balaban J connectivity index is 3.34. The first kappa shape index (κ1) is 54.0. The van der Waals surface area contributed by atoms with Gasteiger partial charge in [0.25, 0.3) is 0 Å². The highest BCUT2D eigenvalue weighted by Gasteiger charge is 2.40. The third kappa shape index (κ3) is 17.5. The highest BCUT2D eigenvalue weighted by Crippen LogP contribution is 2.21. The molecule has 1 heterocycles. The first-order valence-electron chi connectivity index (χ1n) is 21.8. The van der Waals surface area contributed by atoms with Crippen molar-refractivity contribution in [3.8, 4) is 0 Å². The van der Waals surface area contributed by atoms with Crippen molar-refractivity contribution >= 4 is 53.2 Å². The molecule has 8 amide bonds. The van der Waals surface area contributed by atoms with Crippen LogP contribution in [0, 0.1) is 17.8 Å². The number of nitrogens with one attached hydrogen (secondary N) is 7. The molecule has 0 aromatic rings. The summed E-state index contributed by atoms with van der Waals surface area (Å²) in [7, 11) is 0. The van der Waals surface area contributed by atoms with E-state index in [1.165, 1.54) is 18.7 Å². The van der Waals surface area contributed by atoms with Crippen molar-refractivity contribution in [1.29, 1.82) is 0 Å². The molecule has 61 heavy (non-hydrogen) atoms. The van der Waals surface area contributed by atoms with E-state index in [1.54, 1.807) is 41.5 Å². The van der Waals surface area contributed by atoms with Crippen LogP contribution in [0.5, 0.6) is 0 Å². The number of nitrogens with zero attached hydrogens (tertiary/aromatic N) is 2. The first-order chi connectivity index (χ1) is 28.6. The molecule has 20 nitrogen and oxygen atoms in total.